The topological polar surface area (TPSA) is 174 Å². The molecule has 248 valence electrons. The number of carbonyl (C=O) groups excluding carboxylic acids is 5. The Kier molecular flexibility index (Phi) is 9.19. The van der Waals surface area contributed by atoms with Crippen molar-refractivity contribution in [2.45, 2.75) is 56.4 Å². The molecule has 3 aliphatic heterocycles. The molecule has 3 aromatic rings. The predicted octanol–water partition coefficient (Wildman–Crippen LogP) is 1.59. The molecule has 48 heavy (non-hydrogen) atoms. The highest BCUT2D eigenvalue weighted by Gasteiger charge is 2.63. The number of fused-ring (bicyclic) bond motifs is 1. The molecule has 0 bridgehead atoms. The van der Waals surface area contributed by atoms with E-state index in [1.54, 1.807) is 91.0 Å². The van der Waals surface area contributed by atoms with Crippen molar-refractivity contribution in [2.24, 2.45) is 4.99 Å². The van der Waals surface area contributed by atoms with Gasteiger partial charge >= 0.3 is 17.9 Å². The van der Waals surface area contributed by atoms with Crippen LogP contribution in [-0.4, -0.2) is 90.1 Å². The van der Waals surface area contributed by atoms with Crippen LogP contribution in [-0.2, 0) is 28.5 Å². The molecule has 3 unspecified atom stereocenters. The molecule has 14 heteroatoms. The molecule has 2 fully saturated rings. The number of nitrogens with one attached hydrogen (secondary N) is 3. The molecule has 0 radical (unpaired) electrons. The Hall–Kier alpha value is -5.60. The van der Waals surface area contributed by atoms with E-state index in [-0.39, 0.29) is 11.1 Å². The van der Waals surface area contributed by atoms with E-state index in [4.69, 9.17) is 18.9 Å². The maximum Gasteiger partial charge on any atom is 0.338 e. The Morgan fingerprint density at radius 2 is 1.44 bits per heavy atom. The van der Waals surface area contributed by atoms with E-state index in [1.165, 1.54) is 25.1 Å². The van der Waals surface area contributed by atoms with Crippen molar-refractivity contribution in [3.63, 3.8) is 0 Å². The molecule has 3 heterocycles. The van der Waals surface area contributed by atoms with Gasteiger partial charge in [0.1, 0.15) is 18.9 Å². The summed E-state index contributed by atoms with van der Waals surface area (Å²) in [5.41, 5.74) is -1.04. The Balaban J connectivity index is 1.37. The second kappa shape index (κ2) is 13.6. The standard InChI is InChI=1S/C34H33N5O9/c1-20(40)36-33-37-27-25(28(41)38-33)35-19-39(27)32-34(2,48-31(44)23-16-10-5-11-17-23)26(47-30(43)22-14-8-4-9-15-22)24(46-32)18-45-29(42)21-12-6-3-7-13-21/h3-17,19,24-27,32-33,37H,18H2,1-2H3,(H,36,40)(H,38,41)/t24-,25?,26-,27?,32-,33?,34-/m1/s1. The van der Waals surface area contributed by atoms with Crippen LogP contribution in [0.3, 0.4) is 0 Å². The fraction of sp³-hybridized carbons (Fsp3) is 0.294. The molecule has 0 spiro atoms. The van der Waals surface area contributed by atoms with Crippen molar-refractivity contribution < 1.29 is 42.9 Å². The summed E-state index contributed by atoms with van der Waals surface area (Å²) in [7, 11) is 0. The number of rotatable bonds is 9. The van der Waals surface area contributed by atoms with E-state index >= 15 is 0 Å². The molecule has 3 aromatic carbocycles. The van der Waals surface area contributed by atoms with Crippen LogP contribution in [0.25, 0.3) is 0 Å². The Bertz CT molecular complexity index is 1710. The summed E-state index contributed by atoms with van der Waals surface area (Å²) in [6.07, 6.45) is -4.19. The van der Waals surface area contributed by atoms with Gasteiger partial charge in [-0.15, -0.1) is 0 Å². The number of ether oxygens (including phenoxy) is 4. The van der Waals surface area contributed by atoms with Crippen LogP contribution in [0, 0.1) is 0 Å². The van der Waals surface area contributed by atoms with E-state index in [0.29, 0.717) is 5.56 Å². The summed E-state index contributed by atoms with van der Waals surface area (Å²) in [5.74, 6) is -3.00. The minimum Gasteiger partial charge on any atom is -0.459 e. The van der Waals surface area contributed by atoms with Crippen molar-refractivity contribution in [3.05, 3.63) is 108 Å². The van der Waals surface area contributed by atoms with Gasteiger partial charge in [-0.3, -0.25) is 19.9 Å². The van der Waals surface area contributed by atoms with Gasteiger partial charge < -0.3 is 34.5 Å². The van der Waals surface area contributed by atoms with Gasteiger partial charge in [0.15, 0.2) is 30.3 Å². The van der Waals surface area contributed by atoms with E-state index in [0.717, 1.165) is 0 Å². The lowest BCUT2D eigenvalue weighted by atomic mass is 9.94. The van der Waals surface area contributed by atoms with E-state index in [1.807, 2.05) is 0 Å². The molecule has 2 saturated heterocycles. The average Bonchev–Trinajstić information content (AvgIpc) is 3.62. The van der Waals surface area contributed by atoms with E-state index < -0.39 is 78.9 Å². The lowest BCUT2D eigenvalue weighted by Gasteiger charge is -2.43. The smallest absolute Gasteiger partial charge is 0.338 e. The maximum atomic E-state index is 13.7. The normalized spacial score (nSPS) is 27.4. The fourth-order valence-corrected chi connectivity index (χ4v) is 5.86. The number of hydrogen-bond acceptors (Lipinski definition) is 12. The Morgan fingerprint density at radius 3 is 2.02 bits per heavy atom. The highest BCUT2D eigenvalue weighted by molar-refractivity contribution is 5.91. The summed E-state index contributed by atoms with van der Waals surface area (Å²) in [6, 6.07) is 23.8. The van der Waals surface area contributed by atoms with Crippen molar-refractivity contribution in [1.29, 1.82) is 0 Å². The highest BCUT2D eigenvalue weighted by atomic mass is 16.7. The molecule has 2 amide bonds. The third kappa shape index (κ3) is 6.61. The van der Waals surface area contributed by atoms with Crippen LogP contribution in [0.5, 0.6) is 0 Å². The summed E-state index contributed by atoms with van der Waals surface area (Å²) >= 11 is 0. The van der Waals surface area contributed by atoms with E-state index in [2.05, 4.69) is 20.9 Å². The number of nitrogens with zero attached hydrogens (tertiary/aromatic N) is 2. The third-order valence-electron chi connectivity index (χ3n) is 8.14. The molecule has 14 nitrogen and oxygen atoms in total. The van der Waals surface area contributed by atoms with Crippen LogP contribution in [0.2, 0.25) is 0 Å². The predicted molar refractivity (Wildman–Crippen MR) is 168 cm³/mol. The Labute approximate surface area is 275 Å². The summed E-state index contributed by atoms with van der Waals surface area (Å²) in [6.45, 7) is 2.45. The first-order chi connectivity index (χ1) is 23.1. The second-order valence-corrected chi connectivity index (χ2v) is 11.5. The van der Waals surface area contributed by atoms with Crippen LogP contribution in [0.15, 0.2) is 96.0 Å². The number of aliphatic imine (C=N–C) groups is 1. The van der Waals surface area contributed by atoms with Gasteiger partial charge in [0.05, 0.1) is 23.0 Å². The van der Waals surface area contributed by atoms with Crippen molar-refractivity contribution in [3.8, 4) is 0 Å². The van der Waals surface area contributed by atoms with Gasteiger partial charge in [-0.05, 0) is 43.3 Å². The third-order valence-corrected chi connectivity index (χ3v) is 8.14. The van der Waals surface area contributed by atoms with Gasteiger partial charge in [0.2, 0.25) is 5.91 Å². The van der Waals surface area contributed by atoms with Crippen LogP contribution >= 0.6 is 0 Å². The van der Waals surface area contributed by atoms with Crippen molar-refractivity contribution in [2.75, 3.05) is 6.61 Å². The quantitative estimate of drug-likeness (QED) is 0.226. The lowest BCUT2D eigenvalue weighted by molar-refractivity contribution is -0.142. The number of benzene rings is 3. The molecule has 0 saturated carbocycles. The SMILES string of the molecule is CC(=O)NC1NC(=O)C2N=CN([C@@H]3O[C@H](COC(=O)c4ccccc4)[C@@H](OC(=O)c4ccccc4)[C@@]3(C)OC(=O)c3ccccc3)C2N1. The van der Waals surface area contributed by atoms with Crippen LogP contribution in [0.1, 0.15) is 44.9 Å². The van der Waals surface area contributed by atoms with Gasteiger partial charge in [-0.25, -0.2) is 14.4 Å². The molecule has 3 N–H and O–H groups in total. The number of hydrogen-bond donors (Lipinski definition) is 3. The van der Waals surface area contributed by atoms with Gasteiger partial charge in [-0.2, -0.15) is 0 Å². The molecule has 6 rings (SSSR count). The lowest BCUT2D eigenvalue weighted by Crippen LogP contribution is -2.72. The molecule has 3 aliphatic rings. The fourth-order valence-electron chi connectivity index (χ4n) is 5.86. The monoisotopic (exact) mass is 655 g/mol. The summed E-state index contributed by atoms with van der Waals surface area (Å²) in [4.78, 5) is 70.8. The highest BCUT2D eigenvalue weighted by Crippen LogP contribution is 2.41. The zero-order chi connectivity index (χ0) is 33.8. The zero-order valence-electron chi connectivity index (χ0n) is 26.0. The average molecular weight is 656 g/mol. The zero-order valence-corrected chi connectivity index (χ0v) is 26.0. The minimum absolute atomic E-state index is 0.221. The first-order valence-electron chi connectivity index (χ1n) is 15.2. The van der Waals surface area contributed by atoms with Crippen molar-refractivity contribution in [1.82, 2.24) is 20.9 Å². The molecule has 0 aliphatic carbocycles. The van der Waals surface area contributed by atoms with Gasteiger partial charge in [0.25, 0.3) is 5.91 Å². The number of amides is 2. The maximum absolute atomic E-state index is 13.7. The molecule has 0 aromatic heterocycles. The molecule has 7 atom stereocenters. The van der Waals surface area contributed by atoms with Gasteiger partial charge in [0, 0.05) is 6.92 Å². The minimum atomic E-state index is -1.78. The molecular formula is C34H33N5O9. The summed E-state index contributed by atoms with van der Waals surface area (Å²) in [5, 5.41) is 8.36. The summed E-state index contributed by atoms with van der Waals surface area (Å²) < 4.78 is 24.4. The van der Waals surface area contributed by atoms with Crippen molar-refractivity contribution >= 4 is 36.1 Å². The first kappa shape index (κ1) is 32.3. The largest absolute Gasteiger partial charge is 0.459 e. The van der Waals surface area contributed by atoms with Crippen LogP contribution in [0.4, 0.5) is 0 Å². The number of esters is 3. The van der Waals surface area contributed by atoms with Gasteiger partial charge in [-0.1, -0.05) is 54.6 Å². The number of carbonyl (C=O) groups is 5. The second-order valence-electron chi connectivity index (χ2n) is 11.5. The van der Waals surface area contributed by atoms with Crippen LogP contribution < -0.4 is 16.0 Å². The van der Waals surface area contributed by atoms with E-state index in [9.17, 15) is 24.0 Å². The molecular weight excluding hydrogens is 622 g/mol. The first-order valence-corrected chi connectivity index (χ1v) is 15.2. The Morgan fingerprint density at radius 1 is 0.875 bits per heavy atom.